The maximum absolute atomic E-state index is 13.2. The Morgan fingerprint density at radius 1 is 1.12 bits per heavy atom. The largest absolute Gasteiger partial charge is 0.379 e. The van der Waals surface area contributed by atoms with Crippen molar-refractivity contribution in [3.8, 4) is 0 Å². The second-order valence-electron chi connectivity index (χ2n) is 8.82. The SMILES string of the molecule is CC(C)n1c2ccccc2c2c1cc(C(=O)NCCCN1CCOCC1)n2C(=O)N(C)C. The maximum atomic E-state index is 13.2. The Hall–Kier alpha value is -2.84. The first-order valence-corrected chi connectivity index (χ1v) is 11.3. The molecule has 1 aliphatic heterocycles. The van der Waals surface area contributed by atoms with E-state index >= 15 is 0 Å². The van der Waals surface area contributed by atoms with Crippen LogP contribution < -0.4 is 5.32 Å². The monoisotopic (exact) mass is 439 g/mol. The molecule has 8 heteroatoms. The lowest BCUT2D eigenvalue weighted by molar-refractivity contribution is 0.0374. The molecule has 32 heavy (non-hydrogen) atoms. The van der Waals surface area contributed by atoms with Gasteiger partial charge in [-0.2, -0.15) is 0 Å². The summed E-state index contributed by atoms with van der Waals surface area (Å²) >= 11 is 0. The molecule has 3 heterocycles. The molecule has 0 aliphatic carbocycles. The zero-order chi connectivity index (χ0) is 22.8. The number of aromatic nitrogens is 2. The highest BCUT2D eigenvalue weighted by Crippen LogP contribution is 2.34. The quantitative estimate of drug-likeness (QED) is 0.599. The van der Waals surface area contributed by atoms with Crippen molar-refractivity contribution < 1.29 is 14.3 Å². The van der Waals surface area contributed by atoms with Crippen molar-refractivity contribution in [1.82, 2.24) is 24.3 Å². The number of hydrogen-bond acceptors (Lipinski definition) is 4. The number of rotatable bonds is 6. The fraction of sp³-hybridized carbons (Fsp3) is 0.500. The molecule has 0 bridgehead atoms. The molecule has 4 rings (SSSR count). The Kier molecular flexibility index (Phi) is 6.53. The number of nitrogens with zero attached hydrogens (tertiary/aromatic N) is 4. The van der Waals surface area contributed by atoms with Crippen LogP contribution in [0, 0.1) is 0 Å². The van der Waals surface area contributed by atoms with E-state index in [0.29, 0.717) is 12.2 Å². The first-order valence-electron chi connectivity index (χ1n) is 11.3. The van der Waals surface area contributed by atoms with Gasteiger partial charge in [-0.3, -0.25) is 14.3 Å². The maximum Gasteiger partial charge on any atom is 0.328 e. The minimum Gasteiger partial charge on any atom is -0.379 e. The molecule has 172 valence electrons. The van der Waals surface area contributed by atoms with Gasteiger partial charge in [-0.25, -0.2) is 4.79 Å². The second-order valence-corrected chi connectivity index (χ2v) is 8.82. The van der Waals surface area contributed by atoms with Gasteiger partial charge in [-0.1, -0.05) is 18.2 Å². The molecule has 0 spiro atoms. The van der Waals surface area contributed by atoms with Gasteiger partial charge in [0.25, 0.3) is 5.91 Å². The van der Waals surface area contributed by atoms with E-state index in [4.69, 9.17) is 4.74 Å². The molecular formula is C24H33N5O3. The number of nitrogens with one attached hydrogen (secondary N) is 1. The minimum atomic E-state index is -0.231. The van der Waals surface area contributed by atoms with Crippen LogP contribution in [0.25, 0.3) is 21.9 Å². The van der Waals surface area contributed by atoms with Crippen molar-refractivity contribution in [2.45, 2.75) is 26.3 Å². The normalized spacial score (nSPS) is 15.0. The van der Waals surface area contributed by atoms with Gasteiger partial charge in [-0.15, -0.1) is 0 Å². The van der Waals surface area contributed by atoms with Crippen LogP contribution in [-0.4, -0.2) is 84.4 Å². The predicted molar refractivity (Wildman–Crippen MR) is 127 cm³/mol. The van der Waals surface area contributed by atoms with Crippen LogP contribution in [0.15, 0.2) is 30.3 Å². The van der Waals surface area contributed by atoms with E-state index in [1.165, 1.54) is 4.90 Å². The first-order chi connectivity index (χ1) is 15.4. The van der Waals surface area contributed by atoms with Gasteiger partial charge in [0.2, 0.25) is 0 Å². The third-order valence-electron chi connectivity index (χ3n) is 6.02. The van der Waals surface area contributed by atoms with Gasteiger partial charge in [0.1, 0.15) is 5.69 Å². The Labute approximate surface area is 188 Å². The molecule has 1 N–H and O–H groups in total. The predicted octanol–water partition coefficient (Wildman–Crippen LogP) is 3.16. The summed E-state index contributed by atoms with van der Waals surface area (Å²) in [6, 6.07) is 9.85. The van der Waals surface area contributed by atoms with Crippen LogP contribution in [0.4, 0.5) is 4.79 Å². The summed E-state index contributed by atoms with van der Waals surface area (Å²) in [7, 11) is 3.42. The first kappa shape index (κ1) is 22.4. The van der Waals surface area contributed by atoms with E-state index in [9.17, 15) is 9.59 Å². The van der Waals surface area contributed by atoms with Crippen LogP contribution in [0.1, 0.15) is 36.8 Å². The molecule has 3 aromatic rings. The van der Waals surface area contributed by atoms with Crippen molar-refractivity contribution in [2.24, 2.45) is 0 Å². The average Bonchev–Trinajstić information content (AvgIpc) is 3.31. The van der Waals surface area contributed by atoms with Crippen LogP contribution in [-0.2, 0) is 4.74 Å². The van der Waals surface area contributed by atoms with E-state index in [2.05, 4.69) is 34.7 Å². The summed E-state index contributed by atoms with van der Waals surface area (Å²) in [4.78, 5) is 30.2. The van der Waals surface area contributed by atoms with Crippen LogP contribution in [0.5, 0.6) is 0 Å². The summed E-state index contributed by atoms with van der Waals surface area (Å²) in [6.45, 7) is 9.12. The number of para-hydroxylation sites is 1. The summed E-state index contributed by atoms with van der Waals surface area (Å²) < 4.78 is 9.14. The van der Waals surface area contributed by atoms with Crippen molar-refractivity contribution in [1.29, 1.82) is 0 Å². The molecule has 2 aromatic heterocycles. The molecule has 2 amide bonds. The summed E-state index contributed by atoms with van der Waals surface area (Å²) in [5.41, 5.74) is 3.12. The Balaban J connectivity index is 1.65. The van der Waals surface area contributed by atoms with E-state index in [0.717, 1.165) is 61.2 Å². The molecule has 8 nitrogen and oxygen atoms in total. The van der Waals surface area contributed by atoms with E-state index < -0.39 is 0 Å². The smallest absolute Gasteiger partial charge is 0.328 e. The van der Waals surface area contributed by atoms with Crippen molar-refractivity contribution in [3.63, 3.8) is 0 Å². The fourth-order valence-electron chi connectivity index (χ4n) is 4.50. The fourth-order valence-corrected chi connectivity index (χ4v) is 4.50. The van der Waals surface area contributed by atoms with Crippen LogP contribution in [0.2, 0.25) is 0 Å². The second kappa shape index (κ2) is 9.34. The number of ether oxygens (including phenoxy) is 1. The van der Waals surface area contributed by atoms with Gasteiger partial charge < -0.3 is 19.5 Å². The Morgan fingerprint density at radius 3 is 2.53 bits per heavy atom. The topological polar surface area (TPSA) is 71.7 Å². The molecule has 1 fully saturated rings. The lowest BCUT2D eigenvalue weighted by atomic mass is 10.2. The van der Waals surface area contributed by atoms with Crippen molar-refractivity contribution >= 4 is 33.9 Å². The summed E-state index contributed by atoms with van der Waals surface area (Å²) in [5, 5.41) is 3.99. The van der Waals surface area contributed by atoms with Crippen LogP contribution in [0.3, 0.4) is 0 Å². The minimum absolute atomic E-state index is 0.187. The Bertz CT molecular complexity index is 1120. The molecule has 0 atom stereocenters. The number of morpholine rings is 1. The molecule has 1 aliphatic rings. The average molecular weight is 440 g/mol. The highest BCUT2D eigenvalue weighted by Gasteiger charge is 2.26. The number of carbonyl (C=O) groups excluding carboxylic acids is 2. The number of fused-ring (bicyclic) bond motifs is 3. The molecule has 1 aromatic carbocycles. The lowest BCUT2D eigenvalue weighted by Crippen LogP contribution is -2.38. The number of hydrogen-bond donors (Lipinski definition) is 1. The molecule has 1 saturated heterocycles. The van der Waals surface area contributed by atoms with Gasteiger partial charge >= 0.3 is 6.03 Å². The van der Waals surface area contributed by atoms with Gasteiger partial charge in [0.05, 0.1) is 29.8 Å². The molecule has 0 unspecified atom stereocenters. The van der Waals surface area contributed by atoms with E-state index in [-0.39, 0.29) is 18.0 Å². The molecule has 0 saturated carbocycles. The van der Waals surface area contributed by atoms with Crippen molar-refractivity contribution in [3.05, 3.63) is 36.0 Å². The zero-order valence-corrected chi connectivity index (χ0v) is 19.4. The third-order valence-corrected chi connectivity index (χ3v) is 6.02. The summed E-state index contributed by atoms with van der Waals surface area (Å²) in [5.74, 6) is -0.224. The van der Waals surface area contributed by atoms with E-state index in [1.807, 2.05) is 24.3 Å². The van der Waals surface area contributed by atoms with Gasteiger partial charge in [-0.05, 0) is 38.9 Å². The van der Waals surface area contributed by atoms with Gasteiger partial charge in [0, 0.05) is 45.2 Å². The standard InChI is InChI=1S/C24H33N5O3/c1-17(2)28-19-9-6-5-8-18(19)22-20(28)16-21(29(22)24(31)26(3)4)23(30)25-10-7-11-27-12-14-32-15-13-27/h5-6,8-9,16-17H,7,10-15H2,1-4H3,(H,25,30). The van der Waals surface area contributed by atoms with Crippen LogP contribution >= 0.6 is 0 Å². The highest BCUT2D eigenvalue weighted by atomic mass is 16.5. The lowest BCUT2D eigenvalue weighted by Gasteiger charge is -2.26. The number of amides is 2. The number of benzene rings is 1. The third kappa shape index (κ3) is 4.12. The zero-order valence-electron chi connectivity index (χ0n) is 19.4. The molecule has 0 radical (unpaired) electrons. The van der Waals surface area contributed by atoms with E-state index in [1.54, 1.807) is 18.7 Å². The molecular weight excluding hydrogens is 406 g/mol. The highest BCUT2D eigenvalue weighted by molar-refractivity contribution is 6.14. The van der Waals surface area contributed by atoms with Crippen molar-refractivity contribution in [2.75, 3.05) is 53.5 Å². The summed E-state index contributed by atoms with van der Waals surface area (Å²) in [6.07, 6.45) is 0.856. The van der Waals surface area contributed by atoms with Gasteiger partial charge in [0.15, 0.2) is 0 Å². The Morgan fingerprint density at radius 2 is 1.84 bits per heavy atom. The number of carbonyl (C=O) groups is 2.